The topological polar surface area (TPSA) is 46.5 Å². The van der Waals surface area contributed by atoms with E-state index in [-0.39, 0.29) is 11.5 Å². The highest BCUT2D eigenvalue weighted by molar-refractivity contribution is 5.89. The molecule has 0 unspecified atom stereocenters. The van der Waals surface area contributed by atoms with Crippen molar-refractivity contribution in [3.05, 3.63) is 76.9 Å². The Morgan fingerprint density at radius 2 is 1.69 bits per heavy atom. The molecule has 0 radical (unpaired) electrons. The minimum absolute atomic E-state index is 0.0859. The average molecular weight is 442 g/mol. The largest absolute Gasteiger partial charge is 0.496 e. The van der Waals surface area contributed by atoms with Crippen molar-refractivity contribution in [2.45, 2.75) is 39.3 Å². The highest BCUT2D eigenvalue weighted by atomic mass is 19.4. The lowest BCUT2D eigenvalue weighted by atomic mass is 9.87. The number of alkyl halides is 3. The van der Waals surface area contributed by atoms with Crippen molar-refractivity contribution in [2.24, 2.45) is 0 Å². The van der Waals surface area contributed by atoms with Gasteiger partial charge >= 0.3 is 12.1 Å². The van der Waals surface area contributed by atoms with Crippen LogP contribution < -0.4 is 4.74 Å². The lowest BCUT2D eigenvalue weighted by Gasteiger charge is -2.20. The fourth-order valence-corrected chi connectivity index (χ4v) is 3.82. The van der Waals surface area contributed by atoms with E-state index in [1.807, 2.05) is 32.9 Å². The number of hydrogen-bond donors (Lipinski definition) is 1. The SMILES string of the molecule is CC[C@@H](C)c1cc(C(F)(F)F)ccc1-c1cc(-c2ccc(C(=O)O)cc2C)ccc1OC. The number of halogens is 3. The Kier molecular flexibility index (Phi) is 6.63. The summed E-state index contributed by atoms with van der Waals surface area (Å²) in [7, 11) is 1.53. The summed E-state index contributed by atoms with van der Waals surface area (Å²) in [5.41, 5.74) is 3.96. The Bertz CT molecular complexity index is 1150. The molecule has 6 heteroatoms. The van der Waals surface area contributed by atoms with Crippen molar-refractivity contribution in [1.82, 2.24) is 0 Å². The van der Waals surface area contributed by atoms with Gasteiger partial charge in [-0.05, 0) is 83.5 Å². The summed E-state index contributed by atoms with van der Waals surface area (Å²) in [5, 5.41) is 9.22. The van der Waals surface area contributed by atoms with Gasteiger partial charge in [0.1, 0.15) is 5.75 Å². The zero-order chi connectivity index (χ0) is 23.6. The number of rotatable bonds is 6. The molecule has 0 amide bonds. The highest BCUT2D eigenvalue weighted by Gasteiger charge is 2.31. The summed E-state index contributed by atoms with van der Waals surface area (Å²) < 4.78 is 45.6. The van der Waals surface area contributed by atoms with Crippen molar-refractivity contribution in [1.29, 1.82) is 0 Å². The molecule has 1 N–H and O–H groups in total. The summed E-state index contributed by atoms with van der Waals surface area (Å²) in [6.07, 6.45) is -3.73. The van der Waals surface area contributed by atoms with Crippen LogP contribution in [0.3, 0.4) is 0 Å². The predicted octanol–water partition coefficient (Wildman–Crippen LogP) is 7.57. The third-order valence-corrected chi connectivity index (χ3v) is 5.80. The summed E-state index contributed by atoms with van der Waals surface area (Å²) in [4.78, 5) is 11.3. The van der Waals surface area contributed by atoms with E-state index in [9.17, 15) is 23.1 Å². The number of aryl methyl sites for hydroxylation is 1. The van der Waals surface area contributed by atoms with Crippen LogP contribution >= 0.6 is 0 Å². The lowest BCUT2D eigenvalue weighted by Crippen LogP contribution is -2.07. The van der Waals surface area contributed by atoms with Gasteiger partial charge in [0.2, 0.25) is 0 Å². The zero-order valence-electron chi connectivity index (χ0n) is 18.4. The van der Waals surface area contributed by atoms with Gasteiger partial charge in [-0.15, -0.1) is 0 Å². The van der Waals surface area contributed by atoms with Gasteiger partial charge in [-0.2, -0.15) is 13.2 Å². The molecule has 0 saturated heterocycles. The first kappa shape index (κ1) is 23.4. The standard InChI is InChI=1S/C26H25F3O3/c1-5-15(2)22-14-19(26(27,28)29)8-10-21(22)23-13-17(7-11-24(23)32-4)20-9-6-18(25(30)31)12-16(20)3/h6-15H,5H2,1-4H3,(H,30,31)/t15-/m1/s1. The van der Waals surface area contributed by atoms with E-state index in [0.717, 1.165) is 22.8 Å². The fraction of sp³-hybridized carbons (Fsp3) is 0.269. The quantitative estimate of drug-likeness (QED) is 0.428. The van der Waals surface area contributed by atoms with Crippen LogP contribution in [0.25, 0.3) is 22.3 Å². The molecule has 3 aromatic carbocycles. The van der Waals surface area contributed by atoms with Crippen molar-refractivity contribution in [3.63, 3.8) is 0 Å². The van der Waals surface area contributed by atoms with Gasteiger partial charge in [0.05, 0.1) is 18.2 Å². The second-order valence-electron chi connectivity index (χ2n) is 7.86. The number of carboxylic acids is 1. The molecule has 168 valence electrons. The lowest BCUT2D eigenvalue weighted by molar-refractivity contribution is -0.137. The maximum atomic E-state index is 13.4. The molecule has 0 aliphatic heterocycles. The molecule has 0 bridgehead atoms. The summed E-state index contributed by atoms with van der Waals surface area (Å²) in [6.45, 7) is 5.67. The molecule has 0 saturated carbocycles. The number of ether oxygens (including phenoxy) is 1. The fourth-order valence-electron chi connectivity index (χ4n) is 3.82. The van der Waals surface area contributed by atoms with Crippen LogP contribution in [0.1, 0.15) is 53.2 Å². The number of carbonyl (C=O) groups is 1. The molecule has 0 heterocycles. The van der Waals surface area contributed by atoms with Crippen molar-refractivity contribution in [3.8, 4) is 28.0 Å². The Balaban J connectivity index is 2.21. The molecule has 0 aliphatic carbocycles. The maximum Gasteiger partial charge on any atom is 0.416 e. The first-order valence-electron chi connectivity index (χ1n) is 10.3. The smallest absolute Gasteiger partial charge is 0.416 e. The van der Waals surface area contributed by atoms with Crippen LogP contribution in [-0.4, -0.2) is 18.2 Å². The van der Waals surface area contributed by atoms with E-state index in [2.05, 4.69) is 0 Å². The number of benzene rings is 3. The third-order valence-electron chi connectivity index (χ3n) is 5.80. The minimum Gasteiger partial charge on any atom is -0.496 e. The van der Waals surface area contributed by atoms with Gasteiger partial charge in [0.15, 0.2) is 0 Å². The second kappa shape index (κ2) is 9.07. The van der Waals surface area contributed by atoms with Gasteiger partial charge in [-0.1, -0.05) is 32.0 Å². The molecule has 0 aliphatic rings. The molecule has 3 rings (SSSR count). The van der Waals surface area contributed by atoms with Gasteiger partial charge in [-0.3, -0.25) is 0 Å². The van der Waals surface area contributed by atoms with Crippen LogP contribution in [0, 0.1) is 6.92 Å². The molecule has 0 fully saturated rings. The van der Waals surface area contributed by atoms with Gasteiger partial charge in [-0.25, -0.2) is 4.79 Å². The van der Waals surface area contributed by atoms with E-state index >= 15 is 0 Å². The van der Waals surface area contributed by atoms with E-state index in [1.54, 1.807) is 18.2 Å². The van der Waals surface area contributed by atoms with Crippen molar-refractivity contribution < 1.29 is 27.8 Å². The van der Waals surface area contributed by atoms with Gasteiger partial charge in [0.25, 0.3) is 0 Å². The number of methoxy groups -OCH3 is 1. The Labute approximate surface area is 185 Å². The van der Waals surface area contributed by atoms with Crippen molar-refractivity contribution >= 4 is 5.97 Å². The zero-order valence-corrected chi connectivity index (χ0v) is 18.4. The van der Waals surface area contributed by atoms with E-state index in [0.29, 0.717) is 28.9 Å². The van der Waals surface area contributed by atoms with Crippen LogP contribution in [-0.2, 0) is 6.18 Å². The van der Waals surface area contributed by atoms with E-state index < -0.39 is 17.7 Å². The third kappa shape index (κ3) is 4.64. The molecule has 3 aromatic rings. The molecule has 3 nitrogen and oxygen atoms in total. The van der Waals surface area contributed by atoms with E-state index in [1.165, 1.54) is 25.3 Å². The van der Waals surface area contributed by atoms with Crippen LogP contribution in [0.2, 0.25) is 0 Å². The predicted molar refractivity (Wildman–Crippen MR) is 119 cm³/mol. The first-order valence-corrected chi connectivity index (χ1v) is 10.3. The van der Waals surface area contributed by atoms with Crippen LogP contribution in [0.5, 0.6) is 5.75 Å². The number of hydrogen-bond acceptors (Lipinski definition) is 2. The molecule has 0 aromatic heterocycles. The van der Waals surface area contributed by atoms with E-state index in [4.69, 9.17) is 4.74 Å². The van der Waals surface area contributed by atoms with Gasteiger partial charge < -0.3 is 9.84 Å². The Hall–Kier alpha value is -3.28. The van der Waals surface area contributed by atoms with Crippen LogP contribution in [0.4, 0.5) is 13.2 Å². The number of aromatic carboxylic acids is 1. The second-order valence-corrected chi connectivity index (χ2v) is 7.86. The molecule has 32 heavy (non-hydrogen) atoms. The summed E-state index contributed by atoms with van der Waals surface area (Å²) in [5.74, 6) is -0.534. The first-order chi connectivity index (χ1) is 15.1. The Morgan fingerprint density at radius 3 is 2.25 bits per heavy atom. The minimum atomic E-state index is -4.42. The molecular weight excluding hydrogens is 417 g/mol. The highest BCUT2D eigenvalue weighted by Crippen LogP contribution is 2.42. The monoisotopic (exact) mass is 442 g/mol. The normalized spacial score (nSPS) is 12.5. The summed E-state index contributed by atoms with van der Waals surface area (Å²) in [6, 6.07) is 14.2. The van der Waals surface area contributed by atoms with Crippen LogP contribution in [0.15, 0.2) is 54.6 Å². The molecular formula is C26H25F3O3. The summed E-state index contributed by atoms with van der Waals surface area (Å²) >= 11 is 0. The average Bonchev–Trinajstić information content (AvgIpc) is 2.77. The Morgan fingerprint density at radius 1 is 1.00 bits per heavy atom. The molecule has 1 atom stereocenters. The number of carboxylic acid groups (broad SMARTS) is 1. The molecule has 0 spiro atoms. The maximum absolute atomic E-state index is 13.4. The van der Waals surface area contributed by atoms with Gasteiger partial charge in [0, 0.05) is 5.56 Å². The van der Waals surface area contributed by atoms with Crippen molar-refractivity contribution in [2.75, 3.05) is 7.11 Å².